The van der Waals surface area contributed by atoms with Crippen molar-refractivity contribution in [2.24, 2.45) is 10.2 Å². The summed E-state index contributed by atoms with van der Waals surface area (Å²) in [5.41, 5.74) is 2.84. The lowest BCUT2D eigenvalue weighted by atomic mass is 10.2. The number of nitro groups is 1. The van der Waals surface area contributed by atoms with E-state index in [-0.39, 0.29) is 10.6 Å². The van der Waals surface area contributed by atoms with Crippen molar-refractivity contribution in [2.75, 3.05) is 5.43 Å². The summed E-state index contributed by atoms with van der Waals surface area (Å²) in [6.45, 7) is 0. The summed E-state index contributed by atoms with van der Waals surface area (Å²) in [5, 5.41) is 20.1. The fourth-order valence-corrected chi connectivity index (χ4v) is 2.55. The van der Waals surface area contributed by atoms with Crippen LogP contribution >= 0.6 is 11.6 Å². The zero-order chi connectivity index (χ0) is 18.4. The van der Waals surface area contributed by atoms with Crippen LogP contribution in [0.2, 0.25) is 0 Å². The largest absolute Gasteiger partial charge is 0.295 e. The first-order chi connectivity index (χ1) is 11.8. The zero-order valence-electron chi connectivity index (χ0n) is 12.7. The maximum Gasteiger partial charge on any atom is 0.295 e. The van der Waals surface area contributed by atoms with Crippen molar-refractivity contribution in [3.8, 4) is 0 Å². The highest BCUT2D eigenvalue weighted by Crippen LogP contribution is 2.27. The quantitative estimate of drug-likeness (QED) is 0.452. The number of nitrogens with zero attached hydrogens (tertiary/aromatic N) is 2. The van der Waals surface area contributed by atoms with Gasteiger partial charge in [-0.05, 0) is 23.8 Å². The summed E-state index contributed by atoms with van der Waals surface area (Å²) in [6, 6.07) is 12.5. The van der Waals surface area contributed by atoms with E-state index in [1.165, 1.54) is 12.3 Å². The van der Waals surface area contributed by atoms with E-state index in [4.69, 9.17) is 16.7 Å². The standard InChI is InChI=1S/C15H13ClN4O4S/c16-12(8-11-4-2-1-3-5-11)10-18-19-14-7-6-13(25(17,23)24)9-15(14)20(21)22/h1-10,19H,(H2,17,23,24). The van der Waals surface area contributed by atoms with Gasteiger partial charge in [0.15, 0.2) is 0 Å². The summed E-state index contributed by atoms with van der Waals surface area (Å²) in [5.74, 6) is 0. The monoisotopic (exact) mass is 380 g/mol. The second kappa shape index (κ2) is 7.88. The average molecular weight is 381 g/mol. The Morgan fingerprint density at radius 2 is 1.92 bits per heavy atom. The second-order valence-corrected chi connectivity index (χ2v) is 6.79. The minimum absolute atomic E-state index is 0.00201. The van der Waals surface area contributed by atoms with Crippen LogP contribution in [0.1, 0.15) is 5.56 Å². The smallest absolute Gasteiger partial charge is 0.272 e. The molecule has 0 heterocycles. The van der Waals surface area contributed by atoms with Crippen LogP contribution in [0.3, 0.4) is 0 Å². The number of hydrogen-bond donors (Lipinski definition) is 2. The van der Waals surface area contributed by atoms with Crippen molar-refractivity contribution in [3.63, 3.8) is 0 Å². The van der Waals surface area contributed by atoms with Gasteiger partial charge in [0.05, 0.1) is 21.1 Å². The first kappa shape index (κ1) is 18.6. The number of hydrazone groups is 1. The molecule has 0 aliphatic rings. The molecular weight excluding hydrogens is 368 g/mol. The number of nitro benzene ring substituents is 1. The normalized spacial score (nSPS) is 12.3. The van der Waals surface area contributed by atoms with Crippen molar-refractivity contribution >= 4 is 45.3 Å². The van der Waals surface area contributed by atoms with Crippen LogP contribution in [0.5, 0.6) is 0 Å². The molecule has 130 valence electrons. The van der Waals surface area contributed by atoms with Crippen LogP contribution in [-0.4, -0.2) is 19.6 Å². The number of halogens is 1. The number of primary sulfonamides is 1. The minimum Gasteiger partial charge on any atom is -0.272 e. The third kappa shape index (κ3) is 5.38. The Hall–Kier alpha value is -2.75. The van der Waals surface area contributed by atoms with Crippen LogP contribution in [0.4, 0.5) is 11.4 Å². The summed E-state index contributed by atoms with van der Waals surface area (Å²) in [6.07, 6.45) is 2.93. The molecule has 0 unspecified atom stereocenters. The Labute approximate surface area is 148 Å². The van der Waals surface area contributed by atoms with E-state index in [1.54, 1.807) is 6.08 Å². The van der Waals surface area contributed by atoms with Crippen LogP contribution in [0.25, 0.3) is 6.08 Å². The van der Waals surface area contributed by atoms with E-state index in [1.807, 2.05) is 30.3 Å². The van der Waals surface area contributed by atoms with Gasteiger partial charge in [-0.1, -0.05) is 41.9 Å². The molecule has 0 amide bonds. The van der Waals surface area contributed by atoms with Gasteiger partial charge in [0.25, 0.3) is 5.69 Å². The van der Waals surface area contributed by atoms with Gasteiger partial charge in [0.2, 0.25) is 10.0 Å². The fraction of sp³-hybridized carbons (Fsp3) is 0. The van der Waals surface area contributed by atoms with E-state index in [2.05, 4.69) is 10.5 Å². The number of allylic oxidation sites excluding steroid dienone is 1. The molecule has 0 fully saturated rings. The van der Waals surface area contributed by atoms with Gasteiger partial charge in [0.1, 0.15) is 5.69 Å². The molecule has 0 saturated carbocycles. The molecule has 0 aliphatic heterocycles. The Morgan fingerprint density at radius 3 is 2.52 bits per heavy atom. The predicted molar refractivity (Wildman–Crippen MR) is 96.9 cm³/mol. The van der Waals surface area contributed by atoms with Crippen LogP contribution in [-0.2, 0) is 10.0 Å². The number of nitrogens with two attached hydrogens (primary N) is 1. The third-order valence-corrected chi connectivity index (χ3v) is 4.09. The van der Waals surface area contributed by atoms with Gasteiger partial charge >= 0.3 is 0 Å². The molecule has 10 heteroatoms. The van der Waals surface area contributed by atoms with Gasteiger partial charge < -0.3 is 0 Å². The van der Waals surface area contributed by atoms with E-state index in [0.717, 1.165) is 17.7 Å². The van der Waals surface area contributed by atoms with Crippen LogP contribution in [0.15, 0.2) is 63.6 Å². The molecule has 2 aromatic carbocycles. The molecule has 0 aliphatic carbocycles. The maximum absolute atomic E-state index is 11.3. The summed E-state index contributed by atoms with van der Waals surface area (Å²) >= 11 is 6.01. The number of hydrogen-bond acceptors (Lipinski definition) is 6. The Balaban J connectivity index is 2.20. The first-order valence-corrected chi connectivity index (χ1v) is 8.72. The third-order valence-electron chi connectivity index (χ3n) is 2.97. The van der Waals surface area contributed by atoms with Crippen molar-refractivity contribution in [1.29, 1.82) is 0 Å². The number of anilines is 1. The molecule has 0 atom stereocenters. The highest BCUT2D eigenvalue weighted by Gasteiger charge is 2.18. The van der Waals surface area contributed by atoms with Gasteiger partial charge in [0, 0.05) is 6.07 Å². The number of benzene rings is 2. The van der Waals surface area contributed by atoms with E-state index < -0.39 is 20.6 Å². The number of sulfonamides is 1. The summed E-state index contributed by atoms with van der Waals surface area (Å²) in [7, 11) is -4.05. The Kier molecular flexibility index (Phi) is 5.86. The molecule has 0 saturated heterocycles. The zero-order valence-corrected chi connectivity index (χ0v) is 14.2. The van der Waals surface area contributed by atoms with Gasteiger partial charge in [-0.2, -0.15) is 5.10 Å². The molecule has 0 radical (unpaired) electrons. The maximum atomic E-state index is 11.3. The summed E-state index contributed by atoms with van der Waals surface area (Å²) < 4.78 is 22.6. The molecule has 8 nitrogen and oxygen atoms in total. The first-order valence-electron chi connectivity index (χ1n) is 6.80. The molecule has 3 N–H and O–H groups in total. The molecule has 2 aromatic rings. The van der Waals surface area contributed by atoms with E-state index >= 15 is 0 Å². The van der Waals surface area contributed by atoms with E-state index in [9.17, 15) is 18.5 Å². The SMILES string of the molecule is NS(=O)(=O)c1ccc(NN=CC(Cl)=Cc2ccccc2)c([N+](=O)[O-])c1. The minimum atomic E-state index is -4.05. The molecule has 25 heavy (non-hydrogen) atoms. The van der Waals surface area contributed by atoms with Gasteiger partial charge in [-0.15, -0.1) is 0 Å². The Bertz CT molecular complexity index is 943. The molecule has 0 bridgehead atoms. The van der Waals surface area contributed by atoms with Crippen LogP contribution < -0.4 is 10.6 Å². The molecule has 0 aromatic heterocycles. The lowest BCUT2D eigenvalue weighted by molar-refractivity contribution is -0.384. The van der Waals surface area contributed by atoms with E-state index in [0.29, 0.717) is 5.03 Å². The average Bonchev–Trinajstić information content (AvgIpc) is 2.54. The molecule has 0 spiro atoms. The topological polar surface area (TPSA) is 128 Å². The van der Waals surface area contributed by atoms with Crippen LogP contribution in [0, 0.1) is 10.1 Å². The molecule has 2 rings (SSSR count). The number of nitrogens with one attached hydrogen (secondary N) is 1. The second-order valence-electron chi connectivity index (χ2n) is 4.79. The van der Waals surface area contributed by atoms with Crippen molar-refractivity contribution in [1.82, 2.24) is 0 Å². The van der Waals surface area contributed by atoms with Crippen molar-refractivity contribution in [3.05, 3.63) is 69.2 Å². The summed E-state index contributed by atoms with van der Waals surface area (Å²) in [4.78, 5) is 9.97. The number of rotatable bonds is 6. The highest BCUT2D eigenvalue weighted by atomic mass is 35.5. The molecular formula is C15H13ClN4O4S. The lowest BCUT2D eigenvalue weighted by Crippen LogP contribution is -2.12. The fourth-order valence-electron chi connectivity index (χ4n) is 1.84. The predicted octanol–water partition coefficient (Wildman–Crippen LogP) is 2.92. The van der Waals surface area contributed by atoms with Gasteiger partial charge in [-0.25, -0.2) is 13.6 Å². The Morgan fingerprint density at radius 1 is 1.24 bits per heavy atom. The van der Waals surface area contributed by atoms with Crippen molar-refractivity contribution in [2.45, 2.75) is 4.90 Å². The lowest BCUT2D eigenvalue weighted by Gasteiger charge is -2.04. The highest BCUT2D eigenvalue weighted by molar-refractivity contribution is 7.89. The van der Waals surface area contributed by atoms with Crippen molar-refractivity contribution < 1.29 is 13.3 Å². The van der Waals surface area contributed by atoms with Gasteiger partial charge in [-0.3, -0.25) is 15.5 Å².